The van der Waals surface area contributed by atoms with Crippen molar-refractivity contribution >= 4 is 20.7 Å². The van der Waals surface area contributed by atoms with Gasteiger partial charge in [-0.2, -0.15) is 0 Å². The van der Waals surface area contributed by atoms with E-state index in [2.05, 4.69) is 16.8 Å². The third kappa shape index (κ3) is 5.19. The van der Waals surface area contributed by atoms with Gasteiger partial charge in [0.15, 0.2) is 15.3 Å². The highest BCUT2D eigenvalue weighted by Crippen LogP contribution is 2.17. The van der Waals surface area contributed by atoms with Crippen molar-refractivity contribution in [2.75, 3.05) is 13.4 Å². The Kier molecular flexibility index (Phi) is 6.53. The molecule has 7 heteroatoms. The van der Waals surface area contributed by atoms with E-state index in [1.165, 1.54) is 6.26 Å². The maximum absolute atomic E-state index is 13.3. The van der Waals surface area contributed by atoms with E-state index in [1.807, 2.05) is 48.1 Å². The average Bonchev–Trinajstić information content (AvgIpc) is 2.82. The number of fused-ring (bicyclic) bond motifs is 1. The molecular formula is C27H24N2O4S. The Labute approximate surface area is 198 Å². The Morgan fingerprint density at radius 3 is 2.50 bits per heavy atom. The first-order valence-electron chi connectivity index (χ1n) is 10.6. The van der Waals surface area contributed by atoms with Crippen molar-refractivity contribution in [2.45, 2.75) is 17.7 Å². The van der Waals surface area contributed by atoms with Gasteiger partial charge in [0.25, 0.3) is 0 Å². The van der Waals surface area contributed by atoms with E-state index in [9.17, 15) is 13.2 Å². The molecule has 0 radical (unpaired) electrons. The minimum atomic E-state index is -3.26. The van der Waals surface area contributed by atoms with Crippen molar-refractivity contribution in [3.8, 4) is 17.7 Å². The molecule has 0 saturated carbocycles. The number of hydrogen-bond acceptors (Lipinski definition) is 5. The molecule has 0 aliphatic heterocycles. The van der Waals surface area contributed by atoms with Gasteiger partial charge < -0.3 is 9.30 Å². The van der Waals surface area contributed by atoms with Crippen LogP contribution in [0.4, 0.5) is 0 Å². The van der Waals surface area contributed by atoms with Crippen molar-refractivity contribution in [1.82, 2.24) is 9.55 Å². The van der Waals surface area contributed by atoms with Gasteiger partial charge in [0.2, 0.25) is 5.88 Å². The van der Waals surface area contributed by atoms with Crippen LogP contribution in [0, 0.1) is 11.8 Å². The predicted molar refractivity (Wildman–Crippen MR) is 133 cm³/mol. The minimum Gasteiger partial charge on any atom is -0.481 e. The highest BCUT2D eigenvalue weighted by atomic mass is 32.2. The maximum Gasteiger partial charge on any atom is 0.213 e. The largest absolute Gasteiger partial charge is 0.481 e. The predicted octanol–water partition coefficient (Wildman–Crippen LogP) is 3.53. The molecule has 172 valence electrons. The first kappa shape index (κ1) is 23.3. The van der Waals surface area contributed by atoms with Gasteiger partial charge in [0.05, 0.1) is 17.5 Å². The number of pyridine rings is 2. The van der Waals surface area contributed by atoms with Crippen LogP contribution in [0.25, 0.3) is 10.9 Å². The lowest BCUT2D eigenvalue weighted by atomic mass is 10.0. The van der Waals surface area contributed by atoms with Crippen LogP contribution in [-0.2, 0) is 29.7 Å². The molecule has 2 heterocycles. The molecule has 0 amide bonds. The summed E-state index contributed by atoms with van der Waals surface area (Å²) in [5.41, 5.74) is 4.04. The first-order valence-corrected chi connectivity index (χ1v) is 12.5. The summed E-state index contributed by atoms with van der Waals surface area (Å²) in [5.74, 6) is 6.84. The van der Waals surface area contributed by atoms with Crippen LogP contribution in [0.1, 0.15) is 22.3 Å². The third-order valence-corrected chi connectivity index (χ3v) is 6.67. The summed E-state index contributed by atoms with van der Waals surface area (Å²) in [4.78, 5) is 17.6. The first-order chi connectivity index (χ1) is 16.2. The normalized spacial score (nSPS) is 11.1. The number of aryl methyl sites for hydroxylation is 1. The quantitative estimate of drug-likeness (QED) is 0.415. The molecule has 0 N–H and O–H groups in total. The van der Waals surface area contributed by atoms with Crippen LogP contribution in [0.2, 0.25) is 0 Å². The molecule has 0 bridgehead atoms. The van der Waals surface area contributed by atoms with E-state index in [0.717, 1.165) is 22.2 Å². The molecule has 4 rings (SSSR count). The highest BCUT2D eigenvalue weighted by Gasteiger charge is 2.11. The molecule has 0 saturated heterocycles. The average molecular weight is 473 g/mol. The summed E-state index contributed by atoms with van der Waals surface area (Å²) < 4.78 is 30.5. The Balaban J connectivity index is 1.62. The molecule has 6 nitrogen and oxygen atoms in total. The summed E-state index contributed by atoms with van der Waals surface area (Å²) in [6, 6.07) is 16.0. The number of methoxy groups -OCH3 is 1. The van der Waals surface area contributed by atoms with E-state index in [-0.39, 0.29) is 10.3 Å². The van der Waals surface area contributed by atoms with Crippen molar-refractivity contribution in [2.24, 2.45) is 7.05 Å². The highest BCUT2D eigenvalue weighted by molar-refractivity contribution is 7.90. The third-order valence-electron chi connectivity index (χ3n) is 5.54. The topological polar surface area (TPSA) is 78.3 Å². The number of aromatic nitrogens is 2. The molecule has 4 aromatic rings. The van der Waals surface area contributed by atoms with Gasteiger partial charge >= 0.3 is 0 Å². The number of ether oxygens (including phenoxy) is 1. The summed E-state index contributed by atoms with van der Waals surface area (Å²) in [6.07, 6.45) is 5.64. The number of nitrogens with zero attached hydrogens (tertiary/aromatic N) is 2. The van der Waals surface area contributed by atoms with E-state index in [1.54, 1.807) is 37.6 Å². The van der Waals surface area contributed by atoms with E-state index >= 15 is 0 Å². The van der Waals surface area contributed by atoms with Crippen molar-refractivity contribution in [3.63, 3.8) is 0 Å². The van der Waals surface area contributed by atoms with E-state index < -0.39 is 9.84 Å². The SMILES string of the molecule is COc1cc(CC#Cc2ccc3c(c2)c(=O)c(Cc2ccc(S(C)(=O)=O)cc2)cn3C)ccn1. The fourth-order valence-corrected chi connectivity index (χ4v) is 4.39. The van der Waals surface area contributed by atoms with E-state index in [4.69, 9.17) is 4.74 Å². The molecular weight excluding hydrogens is 448 g/mol. The van der Waals surface area contributed by atoms with Crippen LogP contribution in [0.15, 0.2) is 76.7 Å². The number of sulfone groups is 1. The second-order valence-electron chi connectivity index (χ2n) is 8.10. The van der Waals surface area contributed by atoms with Gasteiger partial charge in [0.1, 0.15) is 0 Å². The van der Waals surface area contributed by atoms with E-state index in [0.29, 0.717) is 29.7 Å². The lowest BCUT2D eigenvalue weighted by molar-refractivity contribution is 0.397. The fourth-order valence-electron chi connectivity index (χ4n) is 3.76. The van der Waals surface area contributed by atoms with Crippen LogP contribution in [0.3, 0.4) is 0 Å². The number of rotatable bonds is 5. The number of benzene rings is 2. The van der Waals surface area contributed by atoms with Gasteiger partial charge in [-0.15, -0.1) is 0 Å². The van der Waals surface area contributed by atoms with Crippen LogP contribution < -0.4 is 10.2 Å². The van der Waals surface area contributed by atoms with Gasteiger partial charge in [-0.05, 0) is 47.5 Å². The Hall–Kier alpha value is -3.89. The molecule has 0 spiro atoms. The second-order valence-corrected chi connectivity index (χ2v) is 10.1. The van der Waals surface area contributed by atoms with Crippen molar-refractivity contribution in [3.05, 3.63) is 99.5 Å². The summed E-state index contributed by atoms with van der Waals surface area (Å²) in [5, 5.41) is 0.602. The van der Waals surface area contributed by atoms with Crippen molar-refractivity contribution < 1.29 is 13.2 Å². The zero-order valence-electron chi connectivity index (χ0n) is 19.2. The smallest absolute Gasteiger partial charge is 0.213 e. The van der Waals surface area contributed by atoms with Crippen LogP contribution in [0.5, 0.6) is 5.88 Å². The van der Waals surface area contributed by atoms with Crippen LogP contribution in [-0.4, -0.2) is 31.3 Å². The monoisotopic (exact) mass is 472 g/mol. The molecule has 2 aromatic carbocycles. The van der Waals surface area contributed by atoms with Crippen molar-refractivity contribution in [1.29, 1.82) is 0 Å². The zero-order chi connectivity index (χ0) is 24.3. The molecule has 0 aliphatic carbocycles. The lowest BCUT2D eigenvalue weighted by Crippen LogP contribution is -2.14. The fraction of sp³-hybridized carbons (Fsp3) is 0.185. The number of hydrogen-bond donors (Lipinski definition) is 0. The Morgan fingerprint density at radius 2 is 1.79 bits per heavy atom. The Bertz CT molecular complexity index is 1590. The Morgan fingerprint density at radius 1 is 1.03 bits per heavy atom. The van der Waals surface area contributed by atoms with Gasteiger partial charge in [-0.25, -0.2) is 13.4 Å². The molecule has 0 unspecified atom stereocenters. The zero-order valence-corrected chi connectivity index (χ0v) is 20.0. The summed E-state index contributed by atoms with van der Waals surface area (Å²) in [6.45, 7) is 0. The van der Waals surface area contributed by atoms with Gasteiger partial charge in [0, 0.05) is 61.1 Å². The lowest BCUT2D eigenvalue weighted by Gasteiger charge is -2.10. The molecule has 0 fully saturated rings. The molecule has 0 atom stereocenters. The molecule has 0 aliphatic rings. The maximum atomic E-state index is 13.3. The van der Waals surface area contributed by atoms with Gasteiger partial charge in [-0.1, -0.05) is 24.0 Å². The standard InChI is InChI=1S/C27H24N2O4S/c1-29-18-22(15-21-7-10-23(11-8-21)34(3,31)32)27(30)24-16-19(9-12-25(24)29)5-4-6-20-13-14-28-26(17-20)33-2/h7-14,16-18H,6,15H2,1-3H3. The molecule has 34 heavy (non-hydrogen) atoms. The summed E-state index contributed by atoms with van der Waals surface area (Å²) >= 11 is 0. The molecule has 2 aromatic heterocycles. The summed E-state index contributed by atoms with van der Waals surface area (Å²) in [7, 11) is 0.221. The van der Waals surface area contributed by atoms with Gasteiger partial charge in [-0.3, -0.25) is 4.79 Å². The second kappa shape index (κ2) is 9.54. The minimum absolute atomic E-state index is 0.0530. The van der Waals surface area contributed by atoms with Crippen LogP contribution >= 0.6 is 0 Å².